The van der Waals surface area contributed by atoms with Crippen molar-refractivity contribution in [1.29, 1.82) is 0 Å². The molecule has 0 aromatic heterocycles. The lowest BCUT2D eigenvalue weighted by molar-refractivity contribution is -0.385. The number of carbonyl (C=O) groups excluding carboxylic acids is 1. The molecule has 1 aliphatic heterocycles. The molecule has 1 heterocycles. The Morgan fingerprint density at radius 2 is 2.08 bits per heavy atom. The van der Waals surface area contributed by atoms with Crippen LogP contribution in [0.15, 0.2) is 35.7 Å². The fourth-order valence-corrected chi connectivity index (χ4v) is 3.83. The van der Waals surface area contributed by atoms with E-state index < -0.39 is 37.1 Å². The zero-order valence-corrected chi connectivity index (χ0v) is 13.5. The first kappa shape index (κ1) is 18.0. The molecule has 0 bridgehead atoms. The molecule has 0 N–H and O–H groups in total. The quantitative estimate of drug-likeness (QED) is 0.322. The monoisotopic (exact) mass is 356 g/mol. The molecule has 24 heavy (non-hydrogen) atoms. The van der Waals surface area contributed by atoms with Crippen LogP contribution in [0.2, 0.25) is 0 Å². The first-order valence-electron chi connectivity index (χ1n) is 7.03. The van der Waals surface area contributed by atoms with Gasteiger partial charge in [0.05, 0.1) is 18.1 Å². The van der Waals surface area contributed by atoms with E-state index >= 15 is 0 Å². The number of hydrogen-bond acceptors (Lipinski definition) is 7. The van der Waals surface area contributed by atoms with Crippen molar-refractivity contribution in [2.24, 2.45) is 0 Å². The normalized spacial score (nSPS) is 15.7. The van der Waals surface area contributed by atoms with Crippen molar-refractivity contribution in [1.82, 2.24) is 4.31 Å². The molecule has 130 valence electrons. The second-order valence-corrected chi connectivity index (χ2v) is 6.72. The topological polar surface area (TPSA) is 116 Å². The summed E-state index contributed by atoms with van der Waals surface area (Å²) in [6.07, 6.45) is 1.28. The minimum absolute atomic E-state index is 0.103. The number of rotatable bonds is 6. The van der Waals surface area contributed by atoms with Crippen LogP contribution in [-0.2, 0) is 19.5 Å². The van der Waals surface area contributed by atoms with Crippen LogP contribution in [0.4, 0.5) is 5.69 Å². The number of hydrogen-bond donors (Lipinski definition) is 0. The van der Waals surface area contributed by atoms with Crippen LogP contribution in [-0.4, -0.2) is 56.5 Å². The fourth-order valence-electron chi connectivity index (χ4n) is 2.22. The molecule has 1 aliphatic rings. The lowest BCUT2D eigenvalue weighted by atomic mass is 10.2. The third kappa shape index (κ3) is 3.61. The summed E-state index contributed by atoms with van der Waals surface area (Å²) in [6, 6.07) is 3.43. The van der Waals surface area contributed by atoms with Crippen LogP contribution in [0, 0.1) is 10.1 Å². The van der Waals surface area contributed by atoms with Crippen molar-refractivity contribution in [3.05, 3.63) is 46.5 Å². The largest absolute Gasteiger partial charge is 0.458 e. The Bertz CT molecular complexity index is 754. The van der Waals surface area contributed by atoms with E-state index in [2.05, 4.69) is 6.58 Å². The Morgan fingerprint density at radius 1 is 1.42 bits per heavy atom. The summed E-state index contributed by atoms with van der Waals surface area (Å²) >= 11 is 0. The fraction of sp³-hybridized carbons (Fsp3) is 0.357. The number of morpholine rings is 1. The average Bonchev–Trinajstić information content (AvgIpc) is 2.59. The van der Waals surface area contributed by atoms with Crippen LogP contribution in [0.5, 0.6) is 0 Å². The van der Waals surface area contributed by atoms with Crippen LogP contribution in [0.3, 0.4) is 0 Å². The molecule has 0 unspecified atom stereocenters. The lowest BCUT2D eigenvalue weighted by Crippen LogP contribution is -2.41. The highest BCUT2D eigenvalue weighted by molar-refractivity contribution is 7.89. The van der Waals surface area contributed by atoms with Gasteiger partial charge in [0.2, 0.25) is 10.0 Å². The number of nitro benzene ring substituents is 1. The number of ether oxygens (including phenoxy) is 2. The highest BCUT2D eigenvalue weighted by atomic mass is 32.2. The van der Waals surface area contributed by atoms with Gasteiger partial charge in [-0.1, -0.05) is 18.7 Å². The van der Waals surface area contributed by atoms with E-state index in [1.807, 2.05) is 0 Å². The molecule has 1 saturated heterocycles. The summed E-state index contributed by atoms with van der Waals surface area (Å²) in [5.74, 6) is -1.09. The highest BCUT2D eigenvalue weighted by Gasteiger charge is 2.35. The van der Waals surface area contributed by atoms with Gasteiger partial charge in [-0.2, -0.15) is 4.31 Å². The molecular formula is C14H16N2O7S. The van der Waals surface area contributed by atoms with Gasteiger partial charge in [-0.3, -0.25) is 10.1 Å². The standard InChI is InChI=1S/C14H16N2O7S/c1-2-8-23-14(17)13-11(16(18)19)4-3-5-12(13)24(20,21)15-6-9-22-10-7-15/h2-5H,1,6-10H2. The van der Waals surface area contributed by atoms with E-state index in [-0.39, 0.29) is 32.9 Å². The van der Waals surface area contributed by atoms with Crippen LogP contribution >= 0.6 is 0 Å². The van der Waals surface area contributed by atoms with E-state index in [9.17, 15) is 23.3 Å². The Hall–Kier alpha value is -2.30. The Labute approximate surface area is 138 Å². The van der Waals surface area contributed by atoms with Crippen LogP contribution in [0.25, 0.3) is 0 Å². The van der Waals surface area contributed by atoms with Gasteiger partial charge in [-0.15, -0.1) is 0 Å². The number of sulfonamides is 1. The summed E-state index contributed by atoms with van der Waals surface area (Å²) in [6.45, 7) is 3.82. The summed E-state index contributed by atoms with van der Waals surface area (Å²) in [5.41, 5.74) is -1.21. The third-order valence-electron chi connectivity index (χ3n) is 3.33. The molecule has 1 aromatic rings. The van der Waals surface area contributed by atoms with Crippen molar-refractivity contribution in [2.75, 3.05) is 32.9 Å². The van der Waals surface area contributed by atoms with Crippen molar-refractivity contribution >= 4 is 21.7 Å². The lowest BCUT2D eigenvalue weighted by Gasteiger charge is -2.26. The average molecular weight is 356 g/mol. The van der Waals surface area contributed by atoms with Crippen molar-refractivity contribution in [2.45, 2.75) is 4.90 Å². The first-order valence-corrected chi connectivity index (χ1v) is 8.47. The molecular weight excluding hydrogens is 340 g/mol. The smallest absolute Gasteiger partial charge is 0.346 e. The van der Waals surface area contributed by atoms with Crippen molar-refractivity contribution in [3.8, 4) is 0 Å². The van der Waals surface area contributed by atoms with Gasteiger partial charge in [0.15, 0.2) is 5.56 Å². The third-order valence-corrected chi connectivity index (χ3v) is 5.27. The number of nitro groups is 1. The van der Waals surface area contributed by atoms with Gasteiger partial charge in [0, 0.05) is 19.2 Å². The van der Waals surface area contributed by atoms with Crippen molar-refractivity contribution < 1.29 is 27.6 Å². The molecule has 0 spiro atoms. The zero-order valence-electron chi connectivity index (χ0n) is 12.7. The van der Waals surface area contributed by atoms with Gasteiger partial charge < -0.3 is 9.47 Å². The summed E-state index contributed by atoms with van der Waals surface area (Å²) < 4.78 is 36.6. The predicted molar refractivity (Wildman–Crippen MR) is 83.2 cm³/mol. The van der Waals surface area contributed by atoms with E-state index in [0.717, 1.165) is 16.4 Å². The molecule has 0 atom stereocenters. The van der Waals surface area contributed by atoms with E-state index in [0.29, 0.717) is 0 Å². The van der Waals surface area contributed by atoms with Gasteiger partial charge in [-0.05, 0) is 6.07 Å². The van der Waals surface area contributed by atoms with Crippen molar-refractivity contribution in [3.63, 3.8) is 0 Å². The molecule has 0 radical (unpaired) electrons. The minimum Gasteiger partial charge on any atom is -0.458 e. The Balaban J connectivity index is 2.56. The molecule has 0 saturated carbocycles. The Kier molecular flexibility index (Phi) is 5.65. The van der Waals surface area contributed by atoms with Gasteiger partial charge in [0.25, 0.3) is 5.69 Å². The number of nitrogens with zero attached hydrogens (tertiary/aromatic N) is 2. The van der Waals surface area contributed by atoms with Crippen LogP contribution in [0.1, 0.15) is 10.4 Å². The maximum Gasteiger partial charge on any atom is 0.346 e. The van der Waals surface area contributed by atoms with Gasteiger partial charge in [-0.25, -0.2) is 13.2 Å². The predicted octanol–water partition coefficient (Wildman–Crippen LogP) is 0.959. The van der Waals surface area contributed by atoms with Gasteiger partial charge >= 0.3 is 5.97 Å². The molecule has 2 rings (SSSR count). The molecule has 0 amide bonds. The second kappa shape index (κ2) is 7.51. The molecule has 1 aromatic carbocycles. The first-order chi connectivity index (χ1) is 11.4. The molecule has 1 fully saturated rings. The zero-order chi connectivity index (χ0) is 17.7. The summed E-state index contributed by atoms with van der Waals surface area (Å²) in [7, 11) is -4.10. The number of benzene rings is 1. The highest BCUT2D eigenvalue weighted by Crippen LogP contribution is 2.29. The van der Waals surface area contributed by atoms with E-state index in [4.69, 9.17) is 9.47 Å². The van der Waals surface area contributed by atoms with Crippen LogP contribution < -0.4 is 0 Å². The number of esters is 1. The summed E-state index contributed by atoms with van der Waals surface area (Å²) in [4.78, 5) is 22.1. The molecule has 0 aliphatic carbocycles. The SMILES string of the molecule is C=CCOC(=O)c1c([N+](=O)[O-])cccc1S(=O)(=O)N1CCOCC1. The van der Waals surface area contributed by atoms with Gasteiger partial charge in [0.1, 0.15) is 11.5 Å². The van der Waals surface area contributed by atoms with E-state index in [1.165, 1.54) is 12.1 Å². The maximum atomic E-state index is 12.8. The second-order valence-electron chi connectivity index (χ2n) is 4.81. The summed E-state index contributed by atoms with van der Waals surface area (Å²) in [5, 5.41) is 11.2. The Morgan fingerprint density at radius 3 is 2.67 bits per heavy atom. The van der Waals surface area contributed by atoms with E-state index in [1.54, 1.807) is 0 Å². The molecule has 9 nitrogen and oxygen atoms in total. The minimum atomic E-state index is -4.10. The number of carbonyl (C=O) groups is 1. The maximum absolute atomic E-state index is 12.8. The molecule has 10 heteroatoms.